The highest BCUT2D eigenvalue weighted by Crippen LogP contribution is 2.30. The van der Waals surface area contributed by atoms with E-state index >= 15 is 0 Å². The van der Waals surface area contributed by atoms with E-state index in [2.05, 4.69) is 0 Å². The summed E-state index contributed by atoms with van der Waals surface area (Å²) in [5.41, 5.74) is 0.630. The summed E-state index contributed by atoms with van der Waals surface area (Å²) in [6.07, 6.45) is 1.68. The minimum Gasteiger partial charge on any atom is -0.497 e. The number of benzene rings is 1. The van der Waals surface area contributed by atoms with Gasteiger partial charge in [-0.05, 0) is 25.0 Å². The van der Waals surface area contributed by atoms with Gasteiger partial charge >= 0.3 is 0 Å². The second kappa shape index (κ2) is 6.06. The predicted octanol–water partition coefficient (Wildman–Crippen LogP) is 2.70. The van der Waals surface area contributed by atoms with Gasteiger partial charge in [-0.25, -0.2) is 0 Å². The molecule has 104 valence electrons. The lowest BCUT2D eigenvalue weighted by Crippen LogP contribution is -2.23. The molecule has 1 fully saturated rings. The van der Waals surface area contributed by atoms with Crippen LogP contribution in [0.2, 0.25) is 0 Å². The smallest absolute Gasteiger partial charge is 0.168 e. The molecule has 1 saturated heterocycles. The van der Waals surface area contributed by atoms with Crippen molar-refractivity contribution in [1.82, 2.24) is 0 Å². The minimum absolute atomic E-state index is 0.0321. The van der Waals surface area contributed by atoms with E-state index in [9.17, 15) is 4.79 Å². The first-order valence-electron chi connectivity index (χ1n) is 6.58. The third-order valence-corrected chi connectivity index (χ3v) is 3.58. The van der Waals surface area contributed by atoms with Crippen LogP contribution in [0.25, 0.3) is 0 Å². The fourth-order valence-electron chi connectivity index (χ4n) is 2.51. The summed E-state index contributed by atoms with van der Waals surface area (Å²) in [5.74, 6) is 1.33. The molecule has 2 rings (SSSR count). The Kier molecular flexibility index (Phi) is 4.43. The molecule has 0 radical (unpaired) electrons. The van der Waals surface area contributed by atoms with Gasteiger partial charge in [-0.15, -0.1) is 0 Å². The van der Waals surface area contributed by atoms with E-state index in [-0.39, 0.29) is 17.8 Å². The van der Waals surface area contributed by atoms with E-state index in [1.807, 2.05) is 6.92 Å². The van der Waals surface area contributed by atoms with Crippen molar-refractivity contribution in [3.8, 4) is 11.5 Å². The second-order valence-electron chi connectivity index (χ2n) is 4.68. The predicted molar refractivity (Wildman–Crippen MR) is 72.0 cm³/mol. The van der Waals surface area contributed by atoms with Crippen LogP contribution in [0.15, 0.2) is 18.2 Å². The Labute approximate surface area is 113 Å². The summed E-state index contributed by atoms with van der Waals surface area (Å²) >= 11 is 0. The average Bonchev–Trinajstić information content (AvgIpc) is 2.94. The molecule has 0 spiro atoms. The Morgan fingerprint density at radius 3 is 2.42 bits per heavy atom. The lowest BCUT2D eigenvalue weighted by atomic mass is 9.90. The first kappa shape index (κ1) is 13.9. The van der Waals surface area contributed by atoms with E-state index in [1.54, 1.807) is 32.4 Å². The topological polar surface area (TPSA) is 44.8 Å². The van der Waals surface area contributed by atoms with Crippen LogP contribution in [0, 0.1) is 5.92 Å². The molecule has 4 nitrogen and oxygen atoms in total. The van der Waals surface area contributed by atoms with Crippen LogP contribution in [0.5, 0.6) is 11.5 Å². The van der Waals surface area contributed by atoms with E-state index < -0.39 is 0 Å². The van der Waals surface area contributed by atoms with E-state index in [4.69, 9.17) is 14.2 Å². The van der Waals surface area contributed by atoms with Crippen LogP contribution >= 0.6 is 0 Å². The van der Waals surface area contributed by atoms with Crippen LogP contribution in [0.4, 0.5) is 0 Å². The first-order chi connectivity index (χ1) is 9.19. The fraction of sp³-hybridized carbons (Fsp3) is 0.533. The SMILES string of the molecule is CCC1OCCC1C(=O)c1cc(OC)cc(OC)c1. The monoisotopic (exact) mass is 264 g/mol. The van der Waals surface area contributed by atoms with E-state index in [0.717, 1.165) is 12.8 Å². The molecule has 0 aromatic heterocycles. The molecule has 2 unspecified atom stereocenters. The molecule has 0 aliphatic carbocycles. The van der Waals surface area contributed by atoms with Gasteiger partial charge in [0.25, 0.3) is 0 Å². The summed E-state index contributed by atoms with van der Waals surface area (Å²) in [7, 11) is 3.16. The zero-order chi connectivity index (χ0) is 13.8. The maximum atomic E-state index is 12.6. The Balaban J connectivity index is 2.27. The summed E-state index contributed by atoms with van der Waals surface area (Å²) in [6, 6.07) is 5.28. The van der Waals surface area contributed by atoms with Crippen LogP contribution < -0.4 is 9.47 Å². The lowest BCUT2D eigenvalue weighted by Gasteiger charge is -2.16. The van der Waals surface area contributed by atoms with Crippen molar-refractivity contribution in [2.75, 3.05) is 20.8 Å². The van der Waals surface area contributed by atoms with Crippen molar-refractivity contribution in [2.45, 2.75) is 25.9 Å². The quantitative estimate of drug-likeness (QED) is 0.767. The van der Waals surface area contributed by atoms with Crippen molar-refractivity contribution in [2.24, 2.45) is 5.92 Å². The molecule has 1 aliphatic heterocycles. The molecule has 0 N–H and O–H groups in total. The summed E-state index contributed by atoms with van der Waals surface area (Å²) in [6.45, 7) is 2.71. The number of hydrogen-bond acceptors (Lipinski definition) is 4. The largest absolute Gasteiger partial charge is 0.497 e. The highest BCUT2D eigenvalue weighted by molar-refractivity contribution is 5.99. The number of ether oxygens (including phenoxy) is 3. The summed E-state index contributed by atoms with van der Waals surface area (Å²) in [4.78, 5) is 12.6. The number of carbonyl (C=O) groups is 1. The number of methoxy groups -OCH3 is 2. The molecule has 0 amide bonds. The Morgan fingerprint density at radius 1 is 1.26 bits per heavy atom. The maximum Gasteiger partial charge on any atom is 0.168 e. The van der Waals surface area contributed by atoms with Gasteiger partial charge in [0, 0.05) is 18.2 Å². The van der Waals surface area contributed by atoms with Gasteiger partial charge < -0.3 is 14.2 Å². The van der Waals surface area contributed by atoms with Crippen LogP contribution in [0.3, 0.4) is 0 Å². The lowest BCUT2D eigenvalue weighted by molar-refractivity contribution is 0.0688. The maximum absolute atomic E-state index is 12.6. The Morgan fingerprint density at radius 2 is 1.89 bits per heavy atom. The van der Waals surface area contributed by atoms with Gasteiger partial charge in [-0.1, -0.05) is 6.92 Å². The highest BCUT2D eigenvalue weighted by Gasteiger charge is 2.33. The zero-order valence-electron chi connectivity index (χ0n) is 11.6. The third-order valence-electron chi connectivity index (χ3n) is 3.58. The summed E-state index contributed by atoms with van der Waals surface area (Å²) < 4.78 is 16.0. The normalized spacial score (nSPS) is 22.3. The molecule has 4 heteroatoms. The van der Waals surface area contributed by atoms with Gasteiger partial charge in [0.15, 0.2) is 5.78 Å². The Bertz CT molecular complexity index is 433. The van der Waals surface area contributed by atoms with Crippen molar-refractivity contribution in [1.29, 1.82) is 0 Å². The number of ketones is 1. The zero-order valence-corrected chi connectivity index (χ0v) is 11.6. The Hall–Kier alpha value is -1.55. The molecule has 2 atom stereocenters. The molecule has 0 bridgehead atoms. The van der Waals surface area contributed by atoms with Crippen molar-refractivity contribution in [3.05, 3.63) is 23.8 Å². The number of carbonyl (C=O) groups excluding carboxylic acids is 1. The molecule has 0 saturated carbocycles. The number of Topliss-reactive ketones (excluding diaryl/α,β-unsaturated/α-hetero) is 1. The molecular formula is C15H20O4. The molecule has 1 aromatic carbocycles. The fourth-order valence-corrected chi connectivity index (χ4v) is 2.51. The minimum atomic E-state index is -0.0539. The first-order valence-corrected chi connectivity index (χ1v) is 6.58. The van der Waals surface area contributed by atoms with E-state index in [0.29, 0.717) is 23.7 Å². The number of rotatable bonds is 5. The van der Waals surface area contributed by atoms with Crippen LogP contribution in [-0.2, 0) is 4.74 Å². The average molecular weight is 264 g/mol. The van der Waals surface area contributed by atoms with Crippen molar-refractivity contribution in [3.63, 3.8) is 0 Å². The van der Waals surface area contributed by atoms with E-state index in [1.165, 1.54) is 0 Å². The van der Waals surface area contributed by atoms with Crippen LogP contribution in [0.1, 0.15) is 30.1 Å². The molecular weight excluding hydrogens is 244 g/mol. The van der Waals surface area contributed by atoms with Crippen molar-refractivity contribution < 1.29 is 19.0 Å². The third kappa shape index (κ3) is 2.89. The van der Waals surface area contributed by atoms with Gasteiger partial charge in [-0.3, -0.25) is 4.79 Å². The second-order valence-corrected chi connectivity index (χ2v) is 4.68. The molecule has 1 aliphatic rings. The molecule has 1 aromatic rings. The van der Waals surface area contributed by atoms with Gasteiger partial charge in [0.05, 0.1) is 26.2 Å². The van der Waals surface area contributed by atoms with Gasteiger partial charge in [0.2, 0.25) is 0 Å². The standard InChI is InChI=1S/C15H20O4/c1-4-14-13(5-6-19-14)15(16)10-7-11(17-2)9-12(8-10)18-3/h7-9,13-14H,4-6H2,1-3H3. The molecule has 19 heavy (non-hydrogen) atoms. The number of hydrogen-bond donors (Lipinski definition) is 0. The highest BCUT2D eigenvalue weighted by atomic mass is 16.5. The molecule has 1 heterocycles. The summed E-state index contributed by atoms with van der Waals surface area (Å²) in [5, 5.41) is 0. The van der Waals surface area contributed by atoms with Gasteiger partial charge in [-0.2, -0.15) is 0 Å². The van der Waals surface area contributed by atoms with Crippen molar-refractivity contribution >= 4 is 5.78 Å². The van der Waals surface area contributed by atoms with Gasteiger partial charge in [0.1, 0.15) is 11.5 Å². The van der Waals surface area contributed by atoms with Crippen LogP contribution in [-0.4, -0.2) is 32.7 Å².